The van der Waals surface area contributed by atoms with Crippen molar-refractivity contribution in [1.29, 1.82) is 0 Å². The molecule has 104 valence electrons. The van der Waals surface area contributed by atoms with Crippen LogP contribution >= 0.6 is 11.6 Å². The molecule has 0 aromatic carbocycles. The molecular weight excluding hydrogens is 262 g/mol. The van der Waals surface area contributed by atoms with Gasteiger partial charge >= 0.3 is 7.12 Å². The van der Waals surface area contributed by atoms with Gasteiger partial charge in [0, 0.05) is 6.20 Å². The lowest BCUT2D eigenvalue weighted by Crippen LogP contribution is -2.41. The maximum absolute atomic E-state index is 6.38. The summed E-state index contributed by atoms with van der Waals surface area (Å²) in [7, 11) is -0.532. The third-order valence-corrected chi connectivity index (χ3v) is 4.32. The highest BCUT2D eigenvalue weighted by atomic mass is 35.5. The second-order valence-electron chi connectivity index (χ2n) is 5.80. The standard InChI is InChI=1S/C13H20BClN2O2/c1-12(2)13(3,4)19-14(18-12)11-10(15)9(5-7-16)6-8-17-11/h6,8H,5,7,16H2,1-4H3. The maximum Gasteiger partial charge on any atom is 0.516 e. The molecule has 6 heteroatoms. The molecule has 0 spiro atoms. The third-order valence-electron chi connectivity index (χ3n) is 3.89. The molecule has 2 N–H and O–H groups in total. The van der Waals surface area contributed by atoms with Crippen LogP contribution in [0, 0.1) is 0 Å². The summed E-state index contributed by atoms with van der Waals surface area (Å²) in [4.78, 5) is 4.31. The third kappa shape index (κ3) is 2.65. The molecule has 4 nitrogen and oxygen atoms in total. The van der Waals surface area contributed by atoms with E-state index in [1.54, 1.807) is 6.20 Å². The number of hydrogen-bond acceptors (Lipinski definition) is 4. The summed E-state index contributed by atoms with van der Waals surface area (Å²) in [6.07, 6.45) is 2.44. The smallest absolute Gasteiger partial charge is 0.398 e. The molecule has 0 saturated carbocycles. The lowest BCUT2D eigenvalue weighted by atomic mass is 9.83. The minimum Gasteiger partial charge on any atom is -0.398 e. The van der Waals surface area contributed by atoms with Gasteiger partial charge in [-0.15, -0.1) is 0 Å². The first-order valence-electron chi connectivity index (χ1n) is 6.47. The molecule has 1 saturated heterocycles. The topological polar surface area (TPSA) is 57.4 Å². The summed E-state index contributed by atoms with van der Waals surface area (Å²) in [5, 5.41) is 0.589. The van der Waals surface area contributed by atoms with E-state index in [0.717, 1.165) is 5.56 Å². The molecular formula is C13H20BClN2O2. The van der Waals surface area contributed by atoms with E-state index < -0.39 is 18.3 Å². The van der Waals surface area contributed by atoms with Crippen molar-refractivity contribution in [3.8, 4) is 0 Å². The van der Waals surface area contributed by atoms with E-state index in [-0.39, 0.29) is 0 Å². The number of rotatable bonds is 3. The van der Waals surface area contributed by atoms with Crippen LogP contribution in [0.1, 0.15) is 33.3 Å². The lowest BCUT2D eigenvalue weighted by Gasteiger charge is -2.32. The minimum absolute atomic E-state index is 0.396. The number of nitrogens with zero attached hydrogens (tertiary/aromatic N) is 1. The number of nitrogens with two attached hydrogens (primary N) is 1. The second kappa shape index (κ2) is 5.06. The number of pyridine rings is 1. The highest BCUT2D eigenvalue weighted by Gasteiger charge is 2.53. The van der Waals surface area contributed by atoms with E-state index in [1.807, 2.05) is 33.8 Å². The van der Waals surface area contributed by atoms with Gasteiger partial charge in [0.15, 0.2) is 0 Å². The van der Waals surface area contributed by atoms with Gasteiger partial charge in [0.05, 0.1) is 21.8 Å². The normalized spacial score (nSPS) is 20.8. The molecule has 0 unspecified atom stereocenters. The molecule has 1 fully saturated rings. The van der Waals surface area contributed by atoms with Crippen molar-refractivity contribution in [1.82, 2.24) is 4.98 Å². The number of halogens is 1. The molecule has 0 bridgehead atoms. The van der Waals surface area contributed by atoms with Gasteiger partial charge < -0.3 is 15.0 Å². The summed E-state index contributed by atoms with van der Waals surface area (Å²) < 4.78 is 11.9. The quantitative estimate of drug-likeness (QED) is 0.854. The first kappa shape index (κ1) is 14.8. The summed E-state index contributed by atoms with van der Waals surface area (Å²) in [6.45, 7) is 8.57. The average Bonchev–Trinajstić information content (AvgIpc) is 2.51. The van der Waals surface area contributed by atoms with Gasteiger partial charge in [0.25, 0.3) is 0 Å². The Hall–Kier alpha value is -0.615. The van der Waals surface area contributed by atoms with Crippen molar-refractivity contribution >= 4 is 24.3 Å². The fourth-order valence-electron chi connectivity index (χ4n) is 1.97. The van der Waals surface area contributed by atoms with E-state index in [0.29, 0.717) is 23.6 Å². The molecule has 19 heavy (non-hydrogen) atoms. The van der Waals surface area contributed by atoms with Gasteiger partial charge in [0.2, 0.25) is 0 Å². The summed E-state index contributed by atoms with van der Waals surface area (Å²) in [6, 6.07) is 1.88. The molecule has 1 aliphatic rings. The van der Waals surface area contributed by atoms with Crippen LogP contribution in [0.25, 0.3) is 0 Å². The Labute approximate surface area is 119 Å². The van der Waals surface area contributed by atoms with Gasteiger partial charge in [-0.25, -0.2) is 0 Å². The molecule has 1 aromatic rings. The Morgan fingerprint density at radius 1 is 1.26 bits per heavy atom. The molecule has 0 aliphatic carbocycles. The van der Waals surface area contributed by atoms with Crippen LogP contribution in [0.5, 0.6) is 0 Å². The number of aromatic nitrogens is 1. The van der Waals surface area contributed by atoms with Crippen LogP contribution < -0.4 is 11.3 Å². The van der Waals surface area contributed by atoms with Crippen LogP contribution in [0.2, 0.25) is 5.02 Å². The minimum atomic E-state index is -0.532. The summed E-state index contributed by atoms with van der Waals surface area (Å²) in [5.41, 5.74) is 6.39. The van der Waals surface area contributed by atoms with Gasteiger partial charge in [-0.1, -0.05) is 11.6 Å². The Bertz CT molecular complexity index is 464. The SMILES string of the molecule is CC1(C)OB(c2nccc(CCN)c2Cl)OC1(C)C. The van der Waals surface area contributed by atoms with Gasteiger partial charge in [-0.3, -0.25) is 4.98 Å². The zero-order chi connectivity index (χ0) is 14.3. The van der Waals surface area contributed by atoms with Crippen molar-refractivity contribution in [2.45, 2.75) is 45.3 Å². The first-order chi connectivity index (χ1) is 8.78. The Morgan fingerprint density at radius 2 is 1.84 bits per heavy atom. The highest BCUT2D eigenvalue weighted by molar-refractivity contribution is 6.64. The predicted octanol–water partition coefficient (Wildman–Crippen LogP) is 1.54. The molecule has 0 radical (unpaired) electrons. The largest absolute Gasteiger partial charge is 0.516 e. The first-order valence-corrected chi connectivity index (χ1v) is 6.85. The van der Waals surface area contributed by atoms with Crippen molar-refractivity contribution in [3.63, 3.8) is 0 Å². The van der Waals surface area contributed by atoms with E-state index in [1.165, 1.54) is 0 Å². The van der Waals surface area contributed by atoms with Crippen molar-refractivity contribution in [3.05, 3.63) is 22.8 Å². The molecule has 2 rings (SSSR count). The van der Waals surface area contributed by atoms with Crippen molar-refractivity contribution < 1.29 is 9.31 Å². The molecule has 0 amide bonds. The zero-order valence-electron chi connectivity index (χ0n) is 11.9. The average molecular weight is 283 g/mol. The summed E-state index contributed by atoms with van der Waals surface area (Å²) in [5.74, 6) is 0. The fraction of sp³-hybridized carbons (Fsp3) is 0.615. The Morgan fingerprint density at radius 3 is 2.37 bits per heavy atom. The van der Waals surface area contributed by atoms with Crippen LogP contribution in [0.4, 0.5) is 0 Å². The maximum atomic E-state index is 6.38. The molecule has 2 heterocycles. The van der Waals surface area contributed by atoms with Gasteiger partial charge in [-0.05, 0) is 52.3 Å². The molecule has 0 atom stereocenters. The summed E-state index contributed by atoms with van der Waals surface area (Å²) >= 11 is 6.38. The van der Waals surface area contributed by atoms with Crippen molar-refractivity contribution in [2.24, 2.45) is 5.73 Å². The molecule has 1 aliphatic heterocycles. The second-order valence-corrected chi connectivity index (χ2v) is 6.17. The van der Waals surface area contributed by atoms with E-state index in [2.05, 4.69) is 4.98 Å². The zero-order valence-corrected chi connectivity index (χ0v) is 12.6. The molecule has 1 aromatic heterocycles. The van der Waals surface area contributed by atoms with Crippen LogP contribution in [-0.4, -0.2) is 29.8 Å². The van der Waals surface area contributed by atoms with Crippen molar-refractivity contribution in [2.75, 3.05) is 6.54 Å². The fourth-order valence-corrected chi connectivity index (χ4v) is 2.26. The Balaban J connectivity index is 2.32. The van der Waals surface area contributed by atoms with Crippen LogP contribution in [-0.2, 0) is 15.7 Å². The monoisotopic (exact) mass is 282 g/mol. The van der Waals surface area contributed by atoms with E-state index in [4.69, 9.17) is 26.6 Å². The number of hydrogen-bond donors (Lipinski definition) is 1. The van der Waals surface area contributed by atoms with Crippen LogP contribution in [0.3, 0.4) is 0 Å². The lowest BCUT2D eigenvalue weighted by molar-refractivity contribution is 0.00578. The van der Waals surface area contributed by atoms with Gasteiger partial charge in [-0.2, -0.15) is 0 Å². The van der Waals surface area contributed by atoms with Crippen LogP contribution in [0.15, 0.2) is 12.3 Å². The predicted molar refractivity (Wildman–Crippen MR) is 77.7 cm³/mol. The van der Waals surface area contributed by atoms with E-state index >= 15 is 0 Å². The Kier molecular flexibility index (Phi) is 3.93. The highest BCUT2D eigenvalue weighted by Crippen LogP contribution is 2.36. The van der Waals surface area contributed by atoms with E-state index in [9.17, 15) is 0 Å². The van der Waals surface area contributed by atoms with Gasteiger partial charge in [0.1, 0.15) is 0 Å².